The first-order chi connectivity index (χ1) is 61.6. The number of amides is 10. The predicted molar refractivity (Wildman–Crippen MR) is 507 cm³/mol. The second-order valence-corrected chi connectivity index (χ2v) is 46.7. The zero-order valence-electron chi connectivity index (χ0n) is 76.9. The van der Waals surface area contributed by atoms with Crippen LogP contribution in [0, 0.1) is 16.7 Å². The van der Waals surface area contributed by atoms with Crippen molar-refractivity contribution in [3.63, 3.8) is 0 Å². The van der Waals surface area contributed by atoms with Crippen LogP contribution in [0.1, 0.15) is 146 Å². The molecule has 0 bridgehead atoms. The van der Waals surface area contributed by atoms with Crippen molar-refractivity contribution >= 4 is 144 Å². The topological polar surface area (TPSA) is 420 Å². The number of esters is 1. The minimum absolute atomic E-state index is 0.00757. The summed E-state index contributed by atoms with van der Waals surface area (Å²) in [6, 6.07) is 24.2. The Hall–Kier alpha value is -9.78. The maximum Gasteiger partial charge on any atom is 0.329 e. The normalized spacial score (nSPS) is 19.8. The zero-order chi connectivity index (χ0) is 95.8. The first kappa shape index (κ1) is 103. The number of nitrogens with zero attached hydrogens (tertiary/aromatic N) is 10. The van der Waals surface area contributed by atoms with Crippen molar-refractivity contribution in [2.45, 2.75) is 215 Å². The third kappa shape index (κ3) is 28.4. The summed E-state index contributed by atoms with van der Waals surface area (Å²) in [7, 11) is -8.10. The summed E-state index contributed by atoms with van der Waals surface area (Å²) in [5, 5.41) is 22.4. The number of pyridine rings is 3. The molecule has 0 spiro atoms. The lowest BCUT2D eigenvalue weighted by Gasteiger charge is -2.38. The average molecular weight is 1920 g/mol. The van der Waals surface area contributed by atoms with Gasteiger partial charge < -0.3 is 66.4 Å². The summed E-state index contributed by atoms with van der Waals surface area (Å²) in [5.74, 6) is -1.63. The van der Waals surface area contributed by atoms with E-state index in [1.54, 1.807) is 148 Å². The number of anilines is 3. The highest BCUT2D eigenvalue weighted by molar-refractivity contribution is 8.02. The second kappa shape index (κ2) is 44.4. The summed E-state index contributed by atoms with van der Waals surface area (Å²) in [4.78, 5) is 161. The maximum absolute atomic E-state index is 14.2. The van der Waals surface area contributed by atoms with Crippen LogP contribution in [0.3, 0.4) is 0 Å². The highest BCUT2D eigenvalue weighted by Gasteiger charge is 2.54. The highest BCUT2D eigenvalue weighted by Crippen LogP contribution is 2.45. The van der Waals surface area contributed by atoms with Crippen LogP contribution in [-0.4, -0.2) is 268 Å². The molecule has 40 heteroatoms. The molecule has 6 aliphatic heterocycles. The number of nitrogens with one attached hydrogen (secondary N) is 7. The molecule has 6 fully saturated rings. The van der Waals surface area contributed by atoms with E-state index in [4.69, 9.17) is 13.8 Å². The molecule has 6 atom stereocenters. The molecule has 131 heavy (non-hydrogen) atoms. The number of sulfonamides is 2. The molecule has 0 saturated carbocycles. The average Bonchev–Trinajstić information content (AvgIpc) is 1.62. The third-order valence-electron chi connectivity index (χ3n) is 22.8. The van der Waals surface area contributed by atoms with Crippen molar-refractivity contribution in [3.05, 3.63) is 163 Å². The van der Waals surface area contributed by atoms with E-state index in [2.05, 4.69) is 64.7 Å². The van der Waals surface area contributed by atoms with Crippen molar-refractivity contribution in [3.8, 4) is 5.75 Å². The molecule has 12 rings (SSSR count). The molecule has 3 aromatic heterocycles. The van der Waals surface area contributed by atoms with E-state index in [9.17, 15) is 64.8 Å². The fourth-order valence-corrected chi connectivity index (χ4v) is 23.3. The zero-order valence-corrected chi connectivity index (χ0v) is 81.8. The Morgan fingerprint density at radius 1 is 0.458 bits per heavy atom. The number of hydrogen-bond donors (Lipinski definition) is 7. The van der Waals surface area contributed by atoms with E-state index in [0.29, 0.717) is 93.9 Å². The van der Waals surface area contributed by atoms with E-state index < -0.39 is 93.9 Å². The molecule has 10 amide bonds. The van der Waals surface area contributed by atoms with Crippen molar-refractivity contribution in [2.75, 3.05) is 99.0 Å². The van der Waals surface area contributed by atoms with Crippen LogP contribution in [0.15, 0.2) is 156 Å². The molecule has 0 aliphatic carbocycles. The van der Waals surface area contributed by atoms with E-state index in [1.807, 2.05) is 95.2 Å². The second-order valence-electron chi connectivity index (χ2n) is 38.1. The van der Waals surface area contributed by atoms with Gasteiger partial charge in [0.15, 0.2) is 29.8 Å². The maximum atomic E-state index is 14.2. The number of benzene rings is 3. The number of hydroxylamine groups is 2. The molecule has 0 radical (unpaired) electrons. The summed E-state index contributed by atoms with van der Waals surface area (Å²) in [6.07, 6.45) is 10.5. The summed E-state index contributed by atoms with van der Waals surface area (Å²) >= 11 is 7.10. The monoisotopic (exact) mass is 1920 g/mol. The number of carbonyl (C=O) groups excluding carboxylic acids is 10. The number of ketones is 2. The first-order valence-corrected chi connectivity index (χ1v) is 49.7. The van der Waals surface area contributed by atoms with Gasteiger partial charge in [-0.25, -0.2) is 36.0 Å². The Balaban J connectivity index is 0.000000331. The van der Waals surface area contributed by atoms with Gasteiger partial charge in [0.1, 0.15) is 39.6 Å². The lowest BCUT2D eigenvalue weighted by Crippen LogP contribution is -2.56. The Bertz CT molecular complexity index is 5210. The summed E-state index contributed by atoms with van der Waals surface area (Å²) in [6.45, 7) is 33.0. The molecule has 6 saturated heterocycles. The highest BCUT2D eigenvalue weighted by atomic mass is 32.2. The fourth-order valence-electron chi connectivity index (χ4n) is 16.0. The number of likely N-dealkylation sites (tertiary alicyclic amines) is 1. The van der Waals surface area contributed by atoms with Crippen molar-refractivity contribution in [1.82, 2.24) is 69.5 Å². The van der Waals surface area contributed by atoms with Crippen LogP contribution in [0.25, 0.3) is 0 Å². The van der Waals surface area contributed by atoms with E-state index in [0.717, 1.165) is 29.8 Å². The molecule has 9 heterocycles. The number of urea groups is 3. The van der Waals surface area contributed by atoms with Crippen LogP contribution in [-0.2, 0) is 90.1 Å². The van der Waals surface area contributed by atoms with Gasteiger partial charge in [-0.2, -0.15) is 12.8 Å². The van der Waals surface area contributed by atoms with Crippen molar-refractivity contribution < 1.29 is 78.6 Å². The number of Topliss-reactive ketones (excluding diaryl/α,β-unsaturated/α-hetero) is 2. The molecule has 34 nitrogen and oxygen atoms in total. The van der Waals surface area contributed by atoms with Crippen LogP contribution in [0.4, 0.5) is 31.4 Å². The van der Waals surface area contributed by atoms with Gasteiger partial charge in [-0.15, -0.1) is 40.3 Å². The molecular weight excluding hydrogens is 1800 g/mol. The van der Waals surface area contributed by atoms with E-state index in [-0.39, 0.29) is 112 Å². The Morgan fingerprint density at radius 2 is 0.809 bits per heavy atom. The Kier molecular flexibility index (Phi) is 35.0. The SMILES string of the molecule is CC(C)(C)CC(=O)[C@H](Cc1ccc(NC(=O)N2CCN(C(=O)C3CCN(C(=O)Nc4ccc(C[C@H](NC(=O)[C@H]5N(Oc6cccnc6)CSC5(C)C)C(=O)OC(C)(C)C)cc4)CC3)CC2)cc1)NC(=O)[C@H]1N(S(=O)(=O)c2cccnc2)CSC1(C)C.CC(C)(C)CC(=O)[C@H](Cc1ccc(NC(=O)N2CCNCC2)cc1)NC(=O)[C@H]1N(S(=O)(=O)c2cccnc2)CSC1(C)C.O=S. The smallest absolute Gasteiger partial charge is 0.329 e. The summed E-state index contributed by atoms with van der Waals surface area (Å²) in [5.41, 5.74) is 2.43. The van der Waals surface area contributed by atoms with Gasteiger partial charge in [-0.3, -0.25) is 43.7 Å². The van der Waals surface area contributed by atoms with Crippen LogP contribution < -0.4 is 42.1 Å². The summed E-state index contributed by atoms with van der Waals surface area (Å²) < 4.78 is 68.5. The lowest BCUT2D eigenvalue weighted by atomic mass is 9.86. The fraction of sp³-hybridized carbons (Fsp3) is 0.527. The van der Waals surface area contributed by atoms with E-state index >= 15 is 0 Å². The number of ether oxygens (including phenoxy) is 1. The molecule has 0 unspecified atom stereocenters. The van der Waals surface area contributed by atoms with Crippen molar-refractivity contribution in [1.29, 1.82) is 0 Å². The third-order valence-corrected chi connectivity index (χ3v) is 30.8. The number of hydrogen-bond acceptors (Lipinski definition) is 26. The van der Waals surface area contributed by atoms with Gasteiger partial charge in [-0.1, -0.05) is 77.9 Å². The van der Waals surface area contributed by atoms with Gasteiger partial charge in [0.2, 0.25) is 43.7 Å². The minimum atomic E-state index is -4.09. The number of rotatable bonds is 27. The van der Waals surface area contributed by atoms with Crippen molar-refractivity contribution in [2.24, 2.45) is 16.7 Å². The quantitative estimate of drug-likeness (QED) is 0.0236. The van der Waals surface area contributed by atoms with E-state index in [1.165, 1.54) is 75.1 Å². The lowest BCUT2D eigenvalue weighted by molar-refractivity contribution is -0.160. The van der Waals surface area contributed by atoms with Gasteiger partial charge in [0.25, 0.3) is 0 Å². The molecule has 6 aromatic rings. The molecule has 6 aliphatic rings. The number of piperidine rings is 1. The van der Waals surface area contributed by atoms with Crippen LogP contribution >= 0.6 is 35.3 Å². The molecule has 710 valence electrons. The van der Waals surface area contributed by atoms with Gasteiger partial charge in [-0.05, 0) is 188 Å². The molecule has 3 aromatic carbocycles. The van der Waals surface area contributed by atoms with Gasteiger partial charge in [0.05, 0.1) is 35.9 Å². The largest absolute Gasteiger partial charge is 0.458 e. The van der Waals surface area contributed by atoms with Gasteiger partial charge >= 0.3 is 24.1 Å². The van der Waals surface area contributed by atoms with Crippen LogP contribution in [0.5, 0.6) is 5.75 Å². The molecule has 7 N–H and O–H groups in total. The standard InChI is InChI=1S/C61H81N11O11S3.C30H42N6O5S2.OS/c1-58(2,3)35-49(73)47(66-53(75)51-61(9,10)85-39-72(51)86(80,81)46-14-12-26-63-37-46)33-40-15-19-44(20-16-40)65-57(79)70-31-29-68(30-32-70)54(76)42-23-27-69(28-24-42)56(78)64-43-21-17-41(18-22-43)34-48(55(77)82-59(4,5)6)67-52(74)50-60(7,8)84-38-71(50)83-45-13-11-25-62-36-45;1-29(2,3)18-25(37)24(17-21-8-10-22(11-9-21)33-28(39)35-15-13-31-14-16-35)34-27(38)26-30(4,5)42-20-36(26)43(40,41)23-7-6-12-32-19-23;1-2/h11-22,25-26,36-37,42,47-48,50-51H,23-24,27-35,38-39H2,1-10H3,(H,64,78)(H,65,79)(H,66,75)(H,67,74);6-12,19,24,26,31H,13-18,20H2,1-5H3,(H,33,39)(H,34,38);/t47-,48-,50+,51+;24-,26+;/m00./s1. The first-order valence-electron chi connectivity index (χ1n) is 43.5. The number of aromatic nitrogens is 3. The number of carbonyl (C=O) groups is 10. The number of piperazine rings is 2. The van der Waals surface area contributed by atoms with Gasteiger partial charge in [0, 0.05) is 153 Å². The Labute approximate surface area is 786 Å². The van der Waals surface area contributed by atoms with Crippen LogP contribution in [0.2, 0.25) is 0 Å². The number of thioether (sulfide) groups is 3. The predicted octanol–water partition coefficient (Wildman–Crippen LogP) is 9.95. The minimum Gasteiger partial charge on any atom is -0.458 e. The Morgan fingerprint density at radius 3 is 1.19 bits per heavy atom. The molecular formula is C91H123N17O17S6.